The van der Waals surface area contributed by atoms with Crippen molar-refractivity contribution in [1.29, 1.82) is 0 Å². The molecule has 1 aromatic carbocycles. The Hall–Kier alpha value is -1.24. The fourth-order valence-corrected chi connectivity index (χ4v) is 2.06. The van der Waals surface area contributed by atoms with Crippen molar-refractivity contribution >= 4 is 10.9 Å². The van der Waals surface area contributed by atoms with E-state index in [0.29, 0.717) is 0 Å². The second kappa shape index (κ2) is 2.38. The Morgan fingerprint density at radius 1 is 1.31 bits per heavy atom. The quantitative estimate of drug-likeness (QED) is 0.677. The number of hydrogen-bond acceptors (Lipinski definition) is 0. The van der Waals surface area contributed by atoms with E-state index in [-0.39, 0.29) is 0 Å². The van der Waals surface area contributed by atoms with Crippen molar-refractivity contribution in [3.63, 3.8) is 0 Å². The Kier molecular flexibility index (Phi) is 1.32. The van der Waals surface area contributed by atoms with Crippen molar-refractivity contribution < 1.29 is 0 Å². The number of H-pyrrole nitrogens is 1. The van der Waals surface area contributed by atoms with Crippen LogP contribution in [0.25, 0.3) is 10.9 Å². The van der Waals surface area contributed by atoms with Gasteiger partial charge in [0.2, 0.25) is 0 Å². The Balaban J connectivity index is 2.32. The predicted molar refractivity (Wildman–Crippen MR) is 55.0 cm³/mol. The third-order valence-electron chi connectivity index (χ3n) is 2.97. The van der Waals surface area contributed by atoms with Gasteiger partial charge in [-0.3, -0.25) is 0 Å². The number of hydrogen-bond donors (Lipinski definition) is 1. The molecule has 1 aliphatic rings. The molecule has 3 rings (SSSR count). The van der Waals surface area contributed by atoms with Crippen molar-refractivity contribution in [3.05, 3.63) is 35.5 Å². The van der Waals surface area contributed by atoms with Gasteiger partial charge in [0.1, 0.15) is 0 Å². The zero-order valence-electron chi connectivity index (χ0n) is 7.80. The SMILES string of the molecule is Cc1cccc2c(C3CC3)c[nH]c12. The van der Waals surface area contributed by atoms with Crippen LogP contribution in [0.4, 0.5) is 0 Å². The minimum atomic E-state index is 0.843. The summed E-state index contributed by atoms with van der Waals surface area (Å²) in [6.07, 6.45) is 4.94. The molecule has 13 heavy (non-hydrogen) atoms. The van der Waals surface area contributed by atoms with E-state index in [2.05, 4.69) is 36.3 Å². The van der Waals surface area contributed by atoms with Crippen LogP contribution in [-0.4, -0.2) is 4.98 Å². The van der Waals surface area contributed by atoms with Gasteiger partial charge in [-0.15, -0.1) is 0 Å². The molecule has 1 heterocycles. The van der Waals surface area contributed by atoms with Gasteiger partial charge in [0.15, 0.2) is 0 Å². The minimum absolute atomic E-state index is 0.843. The van der Waals surface area contributed by atoms with Crippen molar-refractivity contribution in [2.45, 2.75) is 25.7 Å². The number of rotatable bonds is 1. The summed E-state index contributed by atoms with van der Waals surface area (Å²) >= 11 is 0. The van der Waals surface area contributed by atoms with E-state index in [1.165, 1.54) is 34.9 Å². The van der Waals surface area contributed by atoms with Crippen molar-refractivity contribution in [2.24, 2.45) is 0 Å². The lowest BCUT2D eigenvalue weighted by Gasteiger charge is -1.96. The molecule has 0 aliphatic heterocycles. The molecule has 0 unspecified atom stereocenters. The first-order valence-electron chi connectivity index (χ1n) is 4.93. The molecule has 1 N–H and O–H groups in total. The van der Waals surface area contributed by atoms with Crippen LogP contribution in [0, 0.1) is 6.92 Å². The number of para-hydroxylation sites is 1. The lowest BCUT2D eigenvalue weighted by atomic mass is 10.1. The van der Waals surface area contributed by atoms with Crippen LogP contribution in [0.5, 0.6) is 0 Å². The predicted octanol–water partition coefficient (Wildman–Crippen LogP) is 3.35. The summed E-state index contributed by atoms with van der Waals surface area (Å²) in [5.41, 5.74) is 4.20. The third-order valence-corrected chi connectivity index (χ3v) is 2.97. The first-order valence-corrected chi connectivity index (χ1v) is 4.93. The monoisotopic (exact) mass is 171 g/mol. The summed E-state index contributed by atoms with van der Waals surface area (Å²) in [7, 11) is 0. The Morgan fingerprint density at radius 3 is 2.92 bits per heavy atom. The number of aryl methyl sites for hydroxylation is 1. The highest BCUT2D eigenvalue weighted by atomic mass is 14.7. The van der Waals surface area contributed by atoms with Gasteiger partial charge in [0.05, 0.1) is 0 Å². The standard InChI is InChI=1S/C12H13N/c1-8-3-2-4-10-11(9-5-6-9)7-13-12(8)10/h2-4,7,9,13H,5-6H2,1H3. The summed E-state index contributed by atoms with van der Waals surface area (Å²) in [5, 5.41) is 1.43. The number of aromatic nitrogens is 1. The van der Waals surface area contributed by atoms with E-state index in [1.807, 2.05) is 0 Å². The Labute approximate surface area is 77.8 Å². The van der Waals surface area contributed by atoms with Gasteiger partial charge in [0, 0.05) is 17.1 Å². The van der Waals surface area contributed by atoms with E-state index < -0.39 is 0 Å². The average molecular weight is 171 g/mol. The van der Waals surface area contributed by atoms with Gasteiger partial charge in [0.25, 0.3) is 0 Å². The molecule has 2 aromatic rings. The second-order valence-corrected chi connectivity index (χ2v) is 4.02. The maximum atomic E-state index is 3.38. The maximum Gasteiger partial charge on any atom is 0.0486 e. The molecular formula is C12H13N. The highest BCUT2D eigenvalue weighted by Crippen LogP contribution is 2.43. The molecule has 0 spiro atoms. The molecular weight excluding hydrogens is 158 g/mol. The molecule has 1 saturated carbocycles. The zero-order chi connectivity index (χ0) is 8.84. The molecule has 1 aromatic heterocycles. The maximum absolute atomic E-state index is 3.38. The van der Waals surface area contributed by atoms with Crippen LogP contribution in [0.15, 0.2) is 24.4 Å². The van der Waals surface area contributed by atoms with E-state index in [1.54, 1.807) is 0 Å². The van der Waals surface area contributed by atoms with Crippen molar-refractivity contribution in [2.75, 3.05) is 0 Å². The number of fused-ring (bicyclic) bond motifs is 1. The molecule has 1 aliphatic carbocycles. The summed E-state index contributed by atoms with van der Waals surface area (Å²) in [6.45, 7) is 2.16. The fourth-order valence-electron chi connectivity index (χ4n) is 2.06. The minimum Gasteiger partial charge on any atom is -0.361 e. The van der Waals surface area contributed by atoms with E-state index in [4.69, 9.17) is 0 Å². The fraction of sp³-hybridized carbons (Fsp3) is 0.333. The highest BCUT2D eigenvalue weighted by molar-refractivity contribution is 5.86. The van der Waals surface area contributed by atoms with Crippen LogP contribution in [-0.2, 0) is 0 Å². The number of aromatic amines is 1. The van der Waals surface area contributed by atoms with Gasteiger partial charge in [-0.2, -0.15) is 0 Å². The van der Waals surface area contributed by atoms with E-state index in [0.717, 1.165) is 5.92 Å². The van der Waals surface area contributed by atoms with Crippen molar-refractivity contribution in [3.8, 4) is 0 Å². The van der Waals surface area contributed by atoms with Crippen LogP contribution in [0.3, 0.4) is 0 Å². The van der Waals surface area contributed by atoms with Gasteiger partial charge in [-0.1, -0.05) is 18.2 Å². The molecule has 1 fully saturated rings. The normalized spacial score (nSPS) is 16.7. The lowest BCUT2D eigenvalue weighted by Crippen LogP contribution is -1.76. The van der Waals surface area contributed by atoms with Crippen molar-refractivity contribution in [1.82, 2.24) is 4.98 Å². The van der Waals surface area contributed by atoms with Crippen LogP contribution in [0.1, 0.15) is 29.9 Å². The Morgan fingerprint density at radius 2 is 2.15 bits per heavy atom. The van der Waals surface area contributed by atoms with E-state index in [9.17, 15) is 0 Å². The van der Waals surface area contributed by atoms with Gasteiger partial charge >= 0.3 is 0 Å². The molecule has 1 heteroatoms. The molecule has 1 nitrogen and oxygen atoms in total. The second-order valence-electron chi connectivity index (χ2n) is 4.02. The zero-order valence-corrected chi connectivity index (χ0v) is 7.80. The molecule has 0 bridgehead atoms. The van der Waals surface area contributed by atoms with Gasteiger partial charge in [-0.05, 0) is 36.8 Å². The summed E-state index contributed by atoms with van der Waals surface area (Å²) < 4.78 is 0. The summed E-state index contributed by atoms with van der Waals surface area (Å²) in [5.74, 6) is 0.843. The average Bonchev–Trinajstić information content (AvgIpc) is 2.87. The molecule has 0 saturated heterocycles. The first kappa shape index (κ1) is 7.19. The Bertz CT molecular complexity index is 449. The van der Waals surface area contributed by atoms with Crippen LogP contribution >= 0.6 is 0 Å². The van der Waals surface area contributed by atoms with E-state index >= 15 is 0 Å². The summed E-state index contributed by atoms with van der Waals surface area (Å²) in [6, 6.07) is 6.54. The molecule has 0 radical (unpaired) electrons. The molecule has 66 valence electrons. The number of nitrogens with one attached hydrogen (secondary N) is 1. The molecule has 0 amide bonds. The smallest absolute Gasteiger partial charge is 0.0486 e. The summed E-state index contributed by atoms with van der Waals surface area (Å²) in [4.78, 5) is 3.38. The topological polar surface area (TPSA) is 15.8 Å². The number of benzene rings is 1. The van der Waals surface area contributed by atoms with Gasteiger partial charge < -0.3 is 4.98 Å². The largest absolute Gasteiger partial charge is 0.361 e. The van der Waals surface area contributed by atoms with Crippen LogP contribution < -0.4 is 0 Å². The lowest BCUT2D eigenvalue weighted by molar-refractivity contribution is 1.15. The van der Waals surface area contributed by atoms with Crippen LogP contribution in [0.2, 0.25) is 0 Å². The molecule has 0 atom stereocenters. The van der Waals surface area contributed by atoms with Gasteiger partial charge in [-0.25, -0.2) is 0 Å². The third kappa shape index (κ3) is 0.998. The first-order chi connectivity index (χ1) is 6.36. The highest BCUT2D eigenvalue weighted by Gasteiger charge is 2.26.